The summed E-state index contributed by atoms with van der Waals surface area (Å²) in [5.41, 5.74) is 2.44. The molecule has 1 saturated carbocycles. The number of carbonyl (C=O) groups excluding carboxylic acids is 3. The topological polar surface area (TPSA) is 90.5 Å². The van der Waals surface area contributed by atoms with E-state index in [0.717, 1.165) is 31.2 Å². The van der Waals surface area contributed by atoms with Gasteiger partial charge in [0.25, 0.3) is 0 Å². The van der Waals surface area contributed by atoms with E-state index in [0.29, 0.717) is 19.5 Å². The number of nitrogens with zero attached hydrogens (tertiary/aromatic N) is 1. The minimum absolute atomic E-state index is 0.0158. The number of benzene rings is 1. The lowest BCUT2D eigenvalue weighted by Gasteiger charge is -2.30. The average Bonchev–Trinajstić information content (AvgIpc) is 2.71. The first-order valence-electron chi connectivity index (χ1n) is 10.6. The van der Waals surface area contributed by atoms with Crippen LogP contribution in [0.3, 0.4) is 0 Å². The lowest BCUT2D eigenvalue weighted by Crippen LogP contribution is -2.49. The smallest absolute Gasteiger partial charge is 0.318 e. The van der Waals surface area contributed by atoms with Crippen LogP contribution in [-0.2, 0) is 22.6 Å². The summed E-state index contributed by atoms with van der Waals surface area (Å²) in [6.45, 7) is 5.07. The van der Waals surface area contributed by atoms with E-state index in [1.165, 1.54) is 5.56 Å². The summed E-state index contributed by atoms with van der Waals surface area (Å²) >= 11 is 0. The van der Waals surface area contributed by atoms with E-state index < -0.39 is 0 Å². The van der Waals surface area contributed by atoms with Gasteiger partial charge in [-0.05, 0) is 50.7 Å². The summed E-state index contributed by atoms with van der Waals surface area (Å²) in [6.07, 6.45) is 4.13. The molecule has 2 atom stereocenters. The summed E-state index contributed by atoms with van der Waals surface area (Å²) in [7, 11) is 0. The van der Waals surface area contributed by atoms with Gasteiger partial charge in [0.05, 0.1) is 6.54 Å². The second kappa shape index (κ2) is 9.76. The fraction of sp³-hybridized carbons (Fsp3) is 0.591. The first-order valence-corrected chi connectivity index (χ1v) is 10.6. The molecule has 2 unspecified atom stereocenters. The lowest BCUT2D eigenvalue weighted by molar-refractivity contribution is -0.128. The van der Waals surface area contributed by atoms with Crippen molar-refractivity contribution < 1.29 is 14.4 Å². The molecule has 0 aromatic heterocycles. The van der Waals surface area contributed by atoms with Gasteiger partial charge >= 0.3 is 6.03 Å². The van der Waals surface area contributed by atoms with Crippen LogP contribution in [0.15, 0.2) is 24.3 Å². The standard InChI is InChI=1S/C22H32N4O3/c1-15(2)24-21(28)17-8-5-9-19(12-17)25-20(27)13-23-22(29)26-11-10-16-6-3-4-7-18(16)14-26/h3-4,6-7,15,17,19H,5,8-14H2,1-2H3,(H,23,29)(H,24,28)(H,25,27). The summed E-state index contributed by atoms with van der Waals surface area (Å²) in [5.74, 6) is -0.192. The van der Waals surface area contributed by atoms with Crippen LogP contribution in [0.25, 0.3) is 0 Å². The van der Waals surface area contributed by atoms with Gasteiger partial charge in [-0.2, -0.15) is 0 Å². The maximum absolute atomic E-state index is 12.4. The van der Waals surface area contributed by atoms with Gasteiger partial charge in [-0.15, -0.1) is 0 Å². The number of amides is 4. The Balaban J connectivity index is 1.41. The van der Waals surface area contributed by atoms with Crippen LogP contribution in [0.2, 0.25) is 0 Å². The maximum atomic E-state index is 12.4. The van der Waals surface area contributed by atoms with Crippen molar-refractivity contribution in [1.29, 1.82) is 0 Å². The van der Waals surface area contributed by atoms with Gasteiger partial charge in [0, 0.05) is 31.1 Å². The Hall–Kier alpha value is -2.57. The van der Waals surface area contributed by atoms with Crippen LogP contribution < -0.4 is 16.0 Å². The maximum Gasteiger partial charge on any atom is 0.318 e. The Bertz CT molecular complexity index is 749. The molecule has 2 aliphatic rings. The van der Waals surface area contributed by atoms with Crippen molar-refractivity contribution in [2.75, 3.05) is 13.1 Å². The predicted octanol–water partition coefficient (Wildman–Crippen LogP) is 1.95. The van der Waals surface area contributed by atoms with Crippen LogP contribution in [0.1, 0.15) is 50.7 Å². The largest absolute Gasteiger partial charge is 0.354 e. The second-order valence-electron chi connectivity index (χ2n) is 8.39. The van der Waals surface area contributed by atoms with Crippen molar-refractivity contribution in [1.82, 2.24) is 20.9 Å². The van der Waals surface area contributed by atoms with E-state index in [4.69, 9.17) is 0 Å². The molecule has 29 heavy (non-hydrogen) atoms. The molecule has 0 spiro atoms. The Morgan fingerprint density at radius 2 is 1.90 bits per heavy atom. The zero-order valence-electron chi connectivity index (χ0n) is 17.4. The molecular weight excluding hydrogens is 368 g/mol. The number of carbonyl (C=O) groups is 3. The van der Waals surface area contributed by atoms with Crippen LogP contribution >= 0.6 is 0 Å². The fourth-order valence-corrected chi connectivity index (χ4v) is 4.18. The molecule has 4 amide bonds. The first-order chi connectivity index (χ1) is 13.9. The van der Waals surface area contributed by atoms with E-state index >= 15 is 0 Å². The van der Waals surface area contributed by atoms with Crippen molar-refractivity contribution in [2.45, 2.75) is 64.6 Å². The third kappa shape index (κ3) is 5.95. The predicted molar refractivity (Wildman–Crippen MR) is 111 cm³/mol. The van der Waals surface area contributed by atoms with Gasteiger partial charge in [0.2, 0.25) is 11.8 Å². The van der Waals surface area contributed by atoms with Gasteiger partial charge in [-0.1, -0.05) is 30.7 Å². The first kappa shape index (κ1) is 21.1. The molecule has 0 radical (unpaired) electrons. The van der Waals surface area contributed by atoms with Crippen molar-refractivity contribution in [2.24, 2.45) is 5.92 Å². The fourth-order valence-electron chi connectivity index (χ4n) is 4.18. The highest BCUT2D eigenvalue weighted by molar-refractivity contribution is 5.84. The molecule has 1 aliphatic carbocycles. The van der Waals surface area contributed by atoms with Crippen molar-refractivity contribution in [3.63, 3.8) is 0 Å². The lowest BCUT2D eigenvalue weighted by atomic mass is 9.85. The van der Waals surface area contributed by atoms with Gasteiger partial charge in [0.15, 0.2) is 0 Å². The van der Waals surface area contributed by atoms with E-state index in [2.05, 4.69) is 22.0 Å². The van der Waals surface area contributed by atoms with Crippen LogP contribution in [0.5, 0.6) is 0 Å². The molecule has 158 valence electrons. The number of rotatable bonds is 5. The normalized spacial score (nSPS) is 21.3. The molecule has 3 N–H and O–H groups in total. The Kier molecular flexibility index (Phi) is 7.12. The van der Waals surface area contributed by atoms with Crippen molar-refractivity contribution >= 4 is 17.8 Å². The van der Waals surface area contributed by atoms with Crippen molar-refractivity contribution in [3.05, 3.63) is 35.4 Å². The van der Waals surface area contributed by atoms with Crippen molar-refractivity contribution in [3.8, 4) is 0 Å². The summed E-state index contributed by atoms with van der Waals surface area (Å²) in [5, 5.41) is 8.66. The summed E-state index contributed by atoms with van der Waals surface area (Å²) in [6, 6.07) is 8.01. The molecule has 0 saturated heterocycles. The monoisotopic (exact) mass is 400 g/mol. The van der Waals surface area contributed by atoms with Crippen LogP contribution in [0.4, 0.5) is 4.79 Å². The van der Waals surface area contributed by atoms with Crippen LogP contribution in [-0.4, -0.2) is 47.9 Å². The number of hydrogen-bond acceptors (Lipinski definition) is 3. The number of fused-ring (bicyclic) bond motifs is 1. The number of hydrogen-bond donors (Lipinski definition) is 3. The molecule has 0 bridgehead atoms. The SMILES string of the molecule is CC(C)NC(=O)C1CCCC(NC(=O)CNC(=O)N2CCc3ccccc3C2)C1. The zero-order valence-corrected chi connectivity index (χ0v) is 17.4. The minimum atomic E-state index is -0.215. The highest BCUT2D eigenvalue weighted by Crippen LogP contribution is 2.24. The summed E-state index contributed by atoms with van der Waals surface area (Å²) < 4.78 is 0. The zero-order chi connectivity index (χ0) is 20.8. The van der Waals surface area contributed by atoms with E-state index in [-0.39, 0.29) is 42.4 Å². The quantitative estimate of drug-likeness (QED) is 0.706. The van der Waals surface area contributed by atoms with E-state index in [1.54, 1.807) is 4.90 Å². The highest BCUT2D eigenvalue weighted by Gasteiger charge is 2.28. The molecular formula is C22H32N4O3. The van der Waals surface area contributed by atoms with Crippen LogP contribution in [0, 0.1) is 5.92 Å². The third-order valence-electron chi connectivity index (χ3n) is 5.66. The Labute approximate surface area is 172 Å². The number of urea groups is 1. The summed E-state index contributed by atoms with van der Waals surface area (Å²) in [4.78, 5) is 38.7. The molecule has 1 aromatic carbocycles. The molecule has 7 heteroatoms. The molecule has 1 aliphatic heterocycles. The van der Waals surface area contributed by atoms with Gasteiger partial charge in [-0.3, -0.25) is 9.59 Å². The molecule has 1 heterocycles. The molecule has 1 fully saturated rings. The Morgan fingerprint density at radius 1 is 1.14 bits per heavy atom. The molecule has 7 nitrogen and oxygen atoms in total. The van der Waals surface area contributed by atoms with E-state index in [9.17, 15) is 14.4 Å². The Morgan fingerprint density at radius 3 is 2.66 bits per heavy atom. The van der Waals surface area contributed by atoms with Gasteiger partial charge in [-0.25, -0.2) is 4.79 Å². The second-order valence-corrected chi connectivity index (χ2v) is 8.39. The van der Waals surface area contributed by atoms with Gasteiger partial charge in [0.1, 0.15) is 0 Å². The highest BCUT2D eigenvalue weighted by atomic mass is 16.2. The van der Waals surface area contributed by atoms with E-state index in [1.807, 2.05) is 32.0 Å². The number of nitrogens with one attached hydrogen (secondary N) is 3. The van der Waals surface area contributed by atoms with Gasteiger partial charge < -0.3 is 20.9 Å². The third-order valence-corrected chi connectivity index (χ3v) is 5.66. The molecule has 3 rings (SSSR count). The molecule has 1 aromatic rings. The average molecular weight is 401 g/mol. The minimum Gasteiger partial charge on any atom is -0.354 e.